The number of nitrogens with zero attached hydrogens (tertiary/aromatic N) is 3. The van der Waals surface area contributed by atoms with Crippen molar-refractivity contribution in [3.63, 3.8) is 0 Å². The van der Waals surface area contributed by atoms with E-state index < -0.39 is 16.3 Å². The molecular weight excluding hydrogens is 494 g/mol. The van der Waals surface area contributed by atoms with Crippen LogP contribution in [0.2, 0.25) is 0 Å². The number of anilines is 1. The predicted molar refractivity (Wildman–Crippen MR) is 143 cm³/mol. The Labute approximate surface area is 216 Å². The number of nitrogens with one attached hydrogen (secondary N) is 2. The van der Waals surface area contributed by atoms with Gasteiger partial charge >= 0.3 is 6.09 Å². The fraction of sp³-hybridized carbons (Fsp3) is 0.269. The Morgan fingerprint density at radius 2 is 1.73 bits per heavy atom. The quantitative estimate of drug-likeness (QED) is 0.251. The molecule has 0 unspecified atom stereocenters. The van der Waals surface area contributed by atoms with E-state index in [1.165, 1.54) is 10.4 Å². The van der Waals surface area contributed by atoms with Gasteiger partial charge in [0.1, 0.15) is 6.61 Å². The van der Waals surface area contributed by atoms with E-state index in [-0.39, 0.29) is 18.9 Å². The SMILES string of the molecule is CN1CCN(S(=O)(=O)NCCOC(=O)Nc2ccc(C(=O)/C=C/c3ccc4ccccc4n3)cc2)CC1. The summed E-state index contributed by atoms with van der Waals surface area (Å²) in [6.07, 6.45) is 2.40. The molecule has 0 aliphatic carbocycles. The normalized spacial score (nSPS) is 15.2. The third-order valence-electron chi connectivity index (χ3n) is 5.86. The second-order valence-electron chi connectivity index (χ2n) is 8.57. The summed E-state index contributed by atoms with van der Waals surface area (Å²) in [5.41, 5.74) is 2.43. The van der Waals surface area contributed by atoms with Crippen LogP contribution < -0.4 is 10.0 Å². The Kier molecular flexibility index (Phi) is 8.62. The second kappa shape index (κ2) is 12.1. The second-order valence-corrected chi connectivity index (χ2v) is 10.3. The maximum atomic E-state index is 12.5. The summed E-state index contributed by atoms with van der Waals surface area (Å²) in [7, 11) is -1.66. The van der Waals surface area contributed by atoms with Gasteiger partial charge in [0.2, 0.25) is 0 Å². The first-order valence-electron chi connectivity index (χ1n) is 11.9. The molecule has 1 aliphatic rings. The Bertz CT molecular complexity index is 1380. The van der Waals surface area contributed by atoms with E-state index in [4.69, 9.17) is 4.74 Å². The summed E-state index contributed by atoms with van der Waals surface area (Å²) in [4.78, 5) is 31.1. The zero-order chi connectivity index (χ0) is 26.3. The van der Waals surface area contributed by atoms with Gasteiger partial charge in [0.15, 0.2) is 5.78 Å². The van der Waals surface area contributed by atoms with Gasteiger partial charge in [0.25, 0.3) is 10.2 Å². The zero-order valence-corrected chi connectivity index (χ0v) is 21.3. The molecule has 0 spiro atoms. The first kappa shape index (κ1) is 26.4. The first-order valence-corrected chi connectivity index (χ1v) is 13.3. The average Bonchev–Trinajstić information content (AvgIpc) is 2.90. The summed E-state index contributed by atoms with van der Waals surface area (Å²) in [5, 5.41) is 3.58. The largest absolute Gasteiger partial charge is 0.448 e. The Balaban J connectivity index is 1.21. The van der Waals surface area contributed by atoms with Crippen LogP contribution in [0.5, 0.6) is 0 Å². The van der Waals surface area contributed by atoms with Gasteiger partial charge in [-0.25, -0.2) is 9.78 Å². The molecule has 4 rings (SSSR count). The Morgan fingerprint density at radius 3 is 2.49 bits per heavy atom. The lowest BCUT2D eigenvalue weighted by molar-refractivity contribution is 0.104. The van der Waals surface area contributed by atoms with Gasteiger partial charge in [0, 0.05) is 49.4 Å². The number of ketones is 1. The van der Waals surface area contributed by atoms with E-state index in [9.17, 15) is 18.0 Å². The monoisotopic (exact) mass is 523 g/mol. The molecule has 194 valence electrons. The number of allylic oxidation sites excluding steroid dienone is 1. The number of piperazine rings is 1. The van der Waals surface area contributed by atoms with E-state index in [0.29, 0.717) is 43.1 Å². The predicted octanol–water partition coefficient (Wildman–Crippen LogP) is 2.76. The van der Waals surface area contributed by atoms with Crippen LogP contribution in [0.15, 0.2) is 66.7 Å². The van der Waals surface area contributed by atoms with Crippen molar-refractivity contribution in [2.75, 3.05) is 51.7 Å². The molecule has 11 heteroatoms. The molecule has 0 saturated carbocycles. The van der Waals surface area contributed by atoms with Crippen molar-refractivity contribution in [2.24, 2.45) is 0 Å². The number of hydrogen-bond acceptors (Lipinski definition) is 7. The van der Waals surface area contributed by atoms with Gasteiger partial charge in [-0.3, -0.25) is 10.1 Å². The summed E-state index contributed by atoms with van der Waals surface area (Å²) < 4.78 is 33.5. The fourth-order valence-corrected chi connectivity index (χ4v) is 4.91. The Morgan fingerprint density at radius 1 is 1.00 bits per heavy atom. The molecule has 2 N–H and O–H groups in total. The highest BCUT2D eigenvalue weighted by molar-refractivity contribution is 7.87. The van der Waals surface area contributed by atoms with E-state index >= 15 is 0 Å². The molecule has 3 aromatic rings. The molecule has 1 fully saturated rings. The third kappa shape index (κ3) is 7.43. The number of amides is 1. The summed E-state index contributed by atoms with van der Waals surface area (Å²) in [6.45, 7) is 2.02. The van der Waals surface area contributed by atoms with Crippen molar-refractivity contribution >= 4 is 44.8 Å². The van der Waals surface area contributed by atoms with Crippen LogP contribution in [0.25, 0.3) is 17.0 Å². The highest BCUT2D eigenvalue weighted by Gasteiger charge is 2.25. The Hall–Kier alpha value is -3.64. The van der Waals surface area contributed by atoms with E-state index in [1.807, 2.05) is 43.4 Å². The molecule has 0 atom stereocenters. The number of carbonyl (C=O) groups is 2. The van der Waals surface area contributed by atoms with Gasteiger partial charge in [0.05, 0.1) is 11.2 Å². The molecule has 37 heavy (non-hydrogen) atoms. The lowest BCUT2D eigenvalue weighted by atomic mass is 10.1. The number of carbonyl (C=O) groups excluding carboxylic acids is 2. The number of benzene rings is 2. The van der Waals surface area contributed by atoms with Crippen LogP contribution in [0.3, 0.4) is 0 Å². The highest BCUT2D eigenvalue weighted by atomic mass is 32.2. The maximum absolute atomic E-state index is 12.5. The molecule has 1 amide bonds. The van der Waals surface area contributed by atoms with E-state index in [0.717, 1.165) is 10.9 Å². The van der Waals surface area contributed by atoms with Crippen molar-refractivity contribution in [1.82, 2.24) is 18.9 Å². The number of pyridine rings is 1. The number of rotatable bonds is 9. The van der Waals surface area contributed by atoms with E-state index in [1.54, 1.807) is 30.3 Å². The minimum atomic E-state index is -3.61. The van der Waals surface area contributed by atoms with E-state index in [2.05, 4.69) is 19.9 Å². The minimum absolute atomic E-state index is 0.0338. The smallest absolute Gasteiger partial charge is 0.411 e. The standard InChI is InChI=1S/C26H29N5O5S/c1-30-15-17-31(18-16-30)37(34,35)27-14-19-36-26(33)29-23-10-7-21(8-11-23)25(32)13-12-22-9-6-20-4-2-3-5-24(20)28-22/h2-13,27H,14-19H2,1H3,(H,29,33)/b13-12+. The van der Waals surface area contributed by atoms with Crippen molar-refractivity contribution in [3.05, 3.63) is 78.0 Å². The topological polar surface area (TPSA) is 121 Å². The zero-order valence-electron chi connectivity index (χ0n) is 20.5. The van der Waals surface area contributed by atoms with Gasteiger partial charge in [-0.05, 0) is 55.6 Å². The number of likely N-dealkylation sites (N-methyl/N-ethyl adjacent to an activating group) is 1. The maximum Gasteiger partial charge on any atom is 0.411 e. The molecule has 1 aromatic heterocycles. The van der Waals surface area contributed by atoms with Crippen molar-refractivity contribution in [3.8, 4) is 0 Å². The number of aromatic nitrogens is 1. The molecule has 1 saturated heterocycles. The number of hydrogen-bond donors (Lipinski definition) is 2. The molecule has 0 bridgehead atoms. The van der Waals surface area contributed by atoms with Crippen molar-refractivity contribution in [1.29, 1.82) is 0 Å². The number of fused-ring (bicyclic) bond motifs is 1. The number of ether oxygens (including phenoxy) is 1. The molecular formula is C26H29N5O5S. The third-order valence-corrected chi connectivity index (χ3v) is 7.48. The van der Waals surface area contributed by atoms with Gasteiger partial charge in [-0.2, -0.15) is 17.4 Å². The van der Waals surface area contributed by atoms with Crippen LogP contribution >= 0.6 is 0 Å². The van der Waals surface area contributed by atoms with Crippen LogP contribution in [-0.4, -0.2) is 80.9 Å². The van der Waals surface area contributed by atoms with Gasteiger partial charge in [-0.15, -0.1) is 0 Å². The molecule has 2 heterocycles. The van der Waals surface area contributed by atoms with Gasteiger partial charge < -0.3 is 9.64 Å². The van der Waals surface area contributed by atoms with Crippen LogP contribution in [-0.2, 0) is 14.9 Å². The fourth-order valence-electron chi connectivity index (χ4n) is 3.74. The summed E-state index contributed by atoms with van der Waals surface area (Å²) in [6, 6.07) is 17.9. The first-order chi connectivity index (χ1) is 17.8. The molecule has 1 aliphatic heterocycles. The van der Waals surface area contributed by atoms with Crippen LogP contribution in [0, 0.1) is 0 Å². The van der Waals surface area contributed by atoms with Crippen molar-refractivity contribution in [2.45, 2.75) is 0 Å². The summed E-state index contributed by atoms with van der Waals surface area (Å²) >= 11 is 0. The highest BCUT2D eigenvalue weighted by Crippen LogP contribution is 2.14. The van der Waals surface area contributed by atoms with Gasteiger partial charge in [-0.1, -0.05) is 24.3 Å². The number of para-hydroxylation sites is 1. The summed E-state index contributed by atoms with van der Waals surface area (Å²) in [5.74, 6) is -0.197. The molecule has 2 aromatic carbocycles. The van der Waals surface area contributed by atoms with Crippen molar-refractivity contribution < 1.29 is 22.7 Å². The lowest BCUT2D eigenvalue weighted by Gasteiger charge is -2.31. The van der Waals surface area contributed by atoms with Crippen LogP contribution in [0.4, 0.5) is 10.5 Å². The van der Waals surface area contributed by atoms with Crippen LogP contribution in [0.1, 0.15) is 16.1 Å². The average molecular weight is 524 g/mol. The lowest BCUT2D eigenvalue weighted by Crippen LogP contribution is -2.51. The molecule has 0 radical (unpaired) electrons. The minimum Gasteiger partial charge on any atom is -0.448 e. The molecule has 10 nitrogen and oxygen atoms in total.